The Morgan fingerprint density at radius 3 is 2.66 bits per heavy atom. The van der Waals surface area contributed by atoms with Crippen LogP contribution in [0.1, 0.15) is 62.1 Å². The van der Waals surface area contributed by atoms with Crippen LogP contribution in [0.3, 0.4) is 0 Å². The van der Waals surface area contributed by atoms with E-state index in [0.717, 1.165) is 31.2 Å². The molecule has 1 aliphatic carbocycles. The van der Waals surface area contributed by atoms with E-state index in [1.54, 1.807) is 18.2 Å². The second kappa shape index (κ2) is 9.50. The van der Waals surface area contributed by atoms with Crippen LogP contribution >= 0.6 is 0 Å². The Balaban J connectivity index is 1.84. The fourth-order valence-corrected chi connectivity index (χ4v) is 4.00. The van der Waals surface area contributed by atoms with E-state index < -0.39 is 11.7 Å². The number of fused-ring (bicyclic) bond motifs is 1. The number of carbonyl (C=O) groups excluding carboxylic acids is 1. The number of unbranched alkanes of at least 4 members (excludes halogenated alkanes) is 2. The molecular weight excluding hydrogens is 367 g/mol. The summed E-state index contributed by atoms with van der Waals surface area (Å²) in [5.41, 5.74) is 4.85. The maximum atomic E-state index is 13.7. The van der Waals surface area contributed by atoms with Crippen LogP contribution in [-0.2, 0) is 4.79 Å². The molecule has 0 aromatic heterocycles. The highest BCUT2D eigenvalue weighted by atomic mass is 19.1. The summed E-state index contributed by atoms with van der Waals surface area (Å²) in [6.45, 7) is 4.13. The lowest BCUT2D eigenvalue weighted by Crippen LogP contribution is -2.30. The lowest BCUT2D eigenvalue weighted by molar-refractivity contribution is -0.118. The molecule has 2 aromatic carbocycles. The Labute approximate surface area is 171 Å². The van der Waals surface area contributed by atoms with Gasteiger partial charge in [0.05, 0.1) is 11.8 Å². The zero-order valence-corrected chi connectivity index (χ0v) is 16.9. The molecule has 1 amide bonds. The number of hydrogen-bond donors (Lipinski definition) is 2. The van der Waals surface area contributed by atoms with Crippen molar-refractivity contribution in [1.82, 2.24) is 5.43 Å². The molecule has 0 fully saturated rings. The van der Waals surface area contributed by atoms with Crippen LogP contribution in [0.5, 0.6) is 0 Å². The number of benzene rings is 2. The van der Waals surface area contributed by atoms with Crippen LogP contribution in [0.4, 0.5) is 4.39 Å². The number of hydrogen-bond acceptors (Lipinski definition) is 3. The molecule has 1 aliphatic rings. The first-order chi connectivity index (χ1) is 14.0. The Morgan fingerprint density at radius 1 is 1.17 bits per heavy atom. The van der Waals surface area contributed by atoms with Crippen molar-refractivity contribution < 1.29 is 14.3 Å². The quantitative estimate of drug-likeness (QED) is 0.367. The number of aliphatic hydroxyl groups excluding tert-OH is 1. The molecule has 0 bridgehead atoms. The molecule has 0 saturated carbocycles. The summed E-state index contributed by atoms with van der Waals surface area (Å²) in [4.78, 5) is 12.8. The molecule has 0 saturated heterocycles. The molecule has 2 N–H and O–H groups in total. The first-order valence-corrected chi connectivity index (χ1v) is 10.1. The Kier molecular flexibility index (Phi) is 6.81. The molecule has 0 aliphatic heterocycles. The van der Waals surface area contributed by atoms with Crippen LogP contribution in [0, 0.1) is 11.7 Å². The molecule has 2 aromatic rings. The highest BCUT2D eigenvalue weighted by Crippen LogP contribution is 2.44. The maximum absolute atomic E-state index is 13.7. The van der Waals surface area contributed by atoms with E-state index in [9.17, 15) is 14.3 Å². The van der Waals surface area contributed by atoms with Crippen LogP contribution in [0.25, 0.3) is 5.76 Å². The van der Waals surface area contributed by atoms with Gasteiger partial charge < -0.3 is 5.11 Å². The van der Waals surface area contributed by atoms with E-state index in [4.69, 9.17) is 0 Å². The van der Waals surface area contributed by atoms with E-state index in [-0.39, 0.29) is 23.2 Å². The number of amides is 1. The highest BCUT2D eigenvalue weighted by molar-refractivity contribution is 6.01. The number of nitrogens with zero attached hydrogens (tertiary/aromatic N) is 1. The van der Waals surface area contributed by atoms with Crippen molar-refractivity contribution in [2.75, 3.05) is 0 Å². The van der Waals surface area contributed by atoms with Gasteiger partial charge in [0.2, 0.25) is 0 Å². The molecule has 5 heteroatoms. The average molecular weight is 394 g/mol. The minimum absolute atomic E-state index is 0.00145. The number of nitrogens with one attached hydrogen (secondary N) is 1. The first kappa shape index (κ1) is 20.8. The third-order valence-electron chi connectivity index (χ3n) is 5.57. The molecule has 4 nitrogen and oxygen atoms in total. The minimum atomic E-state index is -0.461. The number of aliphatic hydroxyl groups is 1. The molecule has 0 unspecified atom stereocenters. The van der Waals surface area contributed by atoms with Crippen LogP contribution < -0.4 is 5.43 Å². The minimum Gasteiger partial charge on any atom is -0.507 e. The maximum Gasteiger partial charge on any atom is 0.271 e. The van der Waals surface area contributed by atoms with Crippen LogP contribution in [0.15, 0.2) is 59.2 Å². The van der Waals surface area contributed by atoms with Gasteiger partial charge >= 0.3 is 0 Å². The summed E-state index contributed by atoms with van der Waals surface area (Å²) in [5, 5.41) is 14.7. The van der Waals surface area contributed by atoms with Gasteiger partial charge in [0.15, 0.2) is 0 Å². The normalized spacial score (nSPS) is 18.7. The van der Waals surface area contributed by atoms with Gasteiger partial charge in [-0.2, -0.15) is 5.10 Å². The van der Waals surface area contributed by atoms with E-state index in [1.807, 2.05) is 31.2 Å². The summed E-state index contributed by atoms with van der Waals surface area (Å²) in [5.74, 6) is -0.866. The van der Waals surface area contributed by atoms with Gasteiger partial charge in [0.1, 0.15) is 11.6 Å². The largest absolute Gasteiger partial charge is 0.507 e. The van der Waals surface area contributed by atoms with Crippen molar-refractivity contribution in [3.05, 3.63) is 76.6 Å². The van der Waals surface area contributed by atoms with Crippen LogP contribution in [-0.4, -0.2) is 17.2 Å². The van der Waals surface area contributed by atoms with Crippen molar-refractivity contribution in [2.24, 2.45) is 11.0 Å². The van der Waals surface area contributed by atoms with Gasteiger partial charge in [0, 0.05) is 11.1 Å². The summed E-state index contributed by atoms with van der Waals surface area (Å²) in [7, 11) is 0. The van der Waals surface area contributed by atoms with Crippen molar-refractivity contribution >= 4 is 17.9 Å². The van der Waals surface area contributed by atoms with Crippen LogP contribution in [0.2, 0.25) is 0 Å². The monoisotopic (exact) mass is 394 g/mol. The predicted molar refractivity (Wildman–Crippen MR) is 114 cm³/mol. The van der Waals surface area contributed by atoms with Gasteiger partial charge in [-0.25, -0.2) is 9.82 Å². The number of rotatable bonds is 7. The summed E-state index contributed by atoms with van der Waals surface area (Å²) in [6, 6.07) is 13.9. The van der Waals surface area contributed by atoms with Gasteiger partial charge in [-0.15, -0.1) is 0 Å². The van der Waals surface area contributed by atoms with E-state index in [0.29, 0.717) is 11.1 Å². The second-order valence-corrected chi connectivity index (χ2v) is 7.46. The second-order valence-electron chi connectivity index (χ2n) is 7.46. The molecule has 0 spiro atoms. The summed E-state index contributed by atoms with van der Waals surface area (Å²) < 4.78 is 13.7. The first-order valence-electron chi connectivity index (χ1n) is 10.1. The lowest BCUT2D eigenvalue weighted by Gasteiger charge is -2.32. The fraction of sp³-hybridized carbons (Fsp3) is 0.333. The van der Waals surface area contributed by atoms with Crippen molar-refractivity contribution in [2.45, 2.75) is 45.4 Å². The summed E-state index contributed by atoms with van der Waals surface area (Å²) >= 11 is 0. The predicted octanol–water partition coefficient (Wildman–Crippen LogP) is 5.56. The SMILES string of the molecule is CCCCC[C@H]1c2ccccc2C(O)=C(C(=O)N/N=C\c2ccccc2F)[C@H]1C. The lowest BCUT2D eigenvalue weighted by atomic mass is 9.72. The van der Waals surface area contributed by atoms with Gasteiger partial charge in [-0.3, -0.25) is 4.79 Å². The molecule has 2 atom stereocenters. The zero-order chi connectivity index (χ0) is 20.8. The third kappa shape index (κ3) is 4.56. The Hall–Kier alpha value is -2.95. The molecule has 29 heavy (non-hydrogen) atoms. The Morgan fingerprint density at radius 2 is 1.90 bits per heavy atom. The smallest absolute Gasteiger partial charge is 0.271 e. The van der Waals surface area contributed by atoms with E-state index in [1.165, 1.54) is 12.3 Å². The fourth-order valence-electron chi connectivity index (χ4n) is 4.00. The van der Waals surface area contributed by atoms with E-state index >= 15 is 0 Å². The van der Waals surface area contributed by atoms with Gasteiger partial charge in [-0.1, -0.05) is 75.6 Å². The zero-order valence-electron chi connectivity index (χ0n) is 16.9. The number of hydrazone groups is 1. The van der Waals surface area contributed by atoms with Gasteiger partial charge in [0.25, 0.3) is 5.91 Å². The molecule has 0 heterocycles. The standard InChI is InChI=1S/C24H27FN2O2/c1-3-4-5-11-18-16(2)22(23(28)20-13-8-7-12-19(18)20)24(29)27-26-15-17-10-6-9-14-21(17)25/h6-10,12-16,18,28H,3-5,11H2,1-2H3,(H,27,29)/b26-15-/t16-,18+/m0/s1. The van der Waals surface area contributed by atoms with Crippen molar-refractivity contribution in [3.63, 3.8) is 0 Å². The van der Waals surface area contributed by atoms with Crippen molar-refractivity contribution in [1.29, 1.82) is 0 Å². The molecule has 0 radical (unpaired) electrons. The van der Waals surface area contributed by atoms with E-state index in [2.05, 4.69) is 17.5 Å². The molecule has 3 rings (SSSR count). The molecular formula is C24H27FN2O2. The number of carbonyl (C=O) groups is 1. The summed E-state index contributed by atoms with van der Waals surface area (Å²) in [6.07, 6.45) is 5.55. The number of halogens is 1. The average Bonchev–Trinajstić information content (AvgIpc) is 2.72. The third-order valence-corrected chi connectivity index (χ3v) is 5.57. The molecule has 152 valence electrons. The van der Waals surface area contributed by atoms with Crippen molar-refractivity contribution in [3.8, 4) is 0 Å². The Bertz CT molecular complexity index is 936. The highest BCUT2D eigenvalue weighted by Gasteiger charge is 2.35. The topological polar surface area (TPSA) is 61.7 Å². The van der Waals surface area contributed by atoms with Gasteiger partial charge in [-0.05, 0) is 29.9 Å².